The van der Waals surface area contributed by atoms with Crippen molar-refractivity contribution in [2.24, 2.45) is 0 Å². The van der Waals surface area contributed by atoms with Crippen molar-refractivity contribution < 1.29 is 18.3 Å². The van der Waals surface area contributed by atoms with Crippen molar-refractivity contribution in [2.75, 3.05) is 6.61 Å². The molecule has 0 amide bonds. The van der Waals surface area contributed by atoms with Gasteiger partial charge in [-0.05, 0) is 30.5 Å². The van der Waals surface area contributed by atoms with Crippen LogP contribution in [0.5, 0.6) is 0 Å². The lowest BCUT2D eigenvalue weighted by Crippen LogP contribution is -2.26. The molecule has 0 aromatic heterocycles. The largest absolute Gasteiger partial charge is 0.416 e. The predicted octanol–water partition coefficient (Wildman–Crippen LogP) is 2.49. The van der Waals surface area contributed by atoms with E-state index in [-0.39, 0.29) is 6.61 Å². The highest BCUT2D eigenvalue weighted by atomic mass is 19.4. The Bertz CT molecular complexity index is 388. The van der Waals surface area contributed by atoms with Gasteiger partial charge in [-0.3, -0.25) is 0 Å². The summed E-state index contributed by atoms with van der Waals surface area (Å²) in [6.07, 6.45) is -2.29. The average molecular weight is 245 g/mol. The Morgan fingerprint density at radius 3 is 2.59 bits per heavy atom. The fourth-order valence-electron chi connectivity index (χ4n) is 1.72. The molecule has 0 bridgehead atoms. The monoisotopic (exact) mass is 245 g/mol. The van der Waals surface area contributed by atoms with Crippen molar-refractivity contribution in [3.8, 4) is 0 Å². The summed E-state index contributed by atoms with van der Waals surface area (Å²) in [6, 6.07) is 5.03. The van der Waals surface area contributed by atoms with Crippen molar-refractivity contribution in [3.05, 3.63) is 35.4 Å². The maximum atomic E-state index is 12.5. The van der Waals surface area contributed by atoms with Crippen LogP contribution in [0.4, 0.5) is 13.2 Å². The summed E-state index contributed by atoms with van der Waals surface area (Å²) in [7, 11) is 0. The molecule has 1 aliphatic rings. The number of halogens is 3. The van der Waals surface area contributed by atoms with Crippen molar-refractivity contribution in [1.29, 1.82) is 0 Å². The fourth-order valence-corrected chi connectivity index (χ4v) is 1.72. The van der Waals surface area contributed by atoms with Crippen LogP contribution in [-0.2, 0) is 6.18 Å². The summed E-state index contributed by atoms with van der Waals surface area (Å²) >= 11 is 0. The minimum absolute atomic E-state index is 0.197. The molecule has 1 atom stereocenters. The molecule has 1 aliphatic carbocycles. The van der Waals surface area contributed by atoms with Gasteiger partial charge < -0.3 is 10.4 Å². The molecule has 0 spiro atoms. The summed E-state index contributed by atoms with van der Waals surface area (Å²) in [5, 5.41) is 12.3. The fraction of sp³-hybridized carbons (Fsp3) is 0.500. The third-order valence-corrected chi connectivity index (χ3v) is 2.81. The lowest BCUT2D eigenvalue weighted by molar-refractivity contribution is -0.137. The molecular weight excluding hydrogens is 231 g/mol. The molecule has 2 nitrogen and oxygen atoms in total. The summed E-state index contributed by atoms with van der Waals surface area (Å²) in [6.45, 7) is -0.197. The van der Waals surface area contributed by atoms with Gasteiger partial charge >= 0.3 is 6.18 Å². The maximum absolute atomic E-state index is 12.5. The molecule has 5 heteroatoms. The third kappa shape index (κ3) is 3.20. The minimum atomic E-state index is -4.34. The van der Waals surface area contributed by atoms with Crippen molar-refractivity contribution >= 4 is 0 Å². The van der Waals surface area contributed by atoms with Crippen molar-refractivity contribution in [1.82, 2.24) is 5.32 Å². The van der Waals surface area contributed by atoms with Crippen LogP contribution in [0.25, 0.3) is 0 Å². The Morgan fingerprint density at radius 2 is 2.06 bits per heavy atom. The standard InChI is InChI=1S/C12H14F3NO/c13-12(14,15)9-3-1-2-8(6-9)11(7-17)16-10-4-5-10/h1-3,6,10-11,16-17H,4-5,7H2. The van der Waals surface area contributed by atoms with E-state index in [0.717, 1.165) is 25.0 Å². The van der Waals surface area contributed by atoms with Crippen LogP contribution in [0, 0.1) is 0 Å². The lowest BCUT2D eigenvalue weighted by Gasteiger charge is -2.17. The van der Waals surface area contributed by atoms with Crippen LogP contribution < -0.4 is 5.32 Å². The first-order chi connectivity index (χ1) is 8.00. The van der Waals surface area contributed by atoms with Crippen molar-refractivity contribution in [2.45, 2.75) is 31.1 Å². The number of hydrogen-bond donors (Lipinski definition) is 2. The van der Waals surface area contributed by atoms with E-state index in [9.17, 15) is 18.3 Å². The quantitative estimate of drug-likeness (QED) is 0.854. The smallest absolute Gasteiger partial charge is 0.394 e. The SMILES string of the molecule is OCC(NC1CC1)c1cccc(C(F)(F)F)c1. The molecular formula is C12H14F3NO. The van der Waals surface area contributed by atoms with E-state index < -0.39 is 17.8 Å². The molecule has 2 N–H and O–H groups in total. The zero-order valence-electron chi connectivity index (χ0n) is 9.17. The van der Waals surface area contributed by atoms with Crippen LogP contribution >= 0.6 is 0 Å². The number of benzene rings is 1. The van der Waals surface area contributed by atoms with Crippen molar-refractivity contribution in [3.63, 3.8) is 0 Å². The molecule has 17 heavy (non-hydrogen) atoms. The van der Waals surface area contributed by atoms with E-state index >= 15 is 0 Å². The molecule has 2 rings (SSSR count). The Labute approximate surface area is 97.5 Å². The van der Waals surface area contributed by atoms with E-state index in [0.29, 0.717) is 11.6 Å². The zero-order valence-corrected chi connectivity index (χ0v) is 9.17. The van der Waals surface area contributed by atoms with E-state index in [1.807, 2.05) is 0 Å². The first-order valence-corrected chi connectivity index (χ1v) is 5.55. The van der Waals surface area contributed by atoms with Gasteiger partial charge in [-0.1, -0.05) is 12.1 Å². The Balaban J connectivity index is 2.18. The van der Waals surface area contributed by atoms with Gasteiger partial charge in [0.15, 0.2) is 0 Å². The highest BCUT2D eigenvalue weighted by molar-refractivity contribution is 5.28. The molecule has 0 aliphatic heterocycles. The number of aliphatic hydroxyl groups excluding tert-OH is 1. The summed E-state index contributed by atoms with van der Waals surface area (Å²) in [5.74, 6) is 0. The number of aliphatic hydroxyl groups is 1. The van der Waals surface area contributed by atoms with Crippen LogP contribution in [0.3, 0.4) is 0 Å². The first-order valence-electron chi connectivity index (χ1n) is 5.55. The molecule has 0 saturated heterocycles. The summed E-state index contributed by atoms with van der Waals surface area (Å²) in [4.78, 5) is 0. The molecule has 1 fully saturated rings. The van der Waals surface area contributed by atoms with Gasteiger partial charge in [0.1, 0.15) is 0 Å². The molecule has 0 radical (unpaired) electrons. The average Bonchev–Trinajstić information content (AvgIpc) is 3.09. The first kappa shape index (κ1) is 12.4. The molecule has 1 unspecified atom stereocenters. The van der Waals surface area contributed by atoms with Crippen LogP contribution in [0.15, 0.2) is 24.3 Å². The van der Waals surface area contributed by atoms with E-state index in [4.69, 9.17) is 0 Å². The second kappa shape index (κ2) is 4.66. The molecule has 1 saturated carbocycles. The van der Waals surface area contributed by atoms with E-state index in [1.165, 1.54) is 6.07 Å². The van der Waals surface area contributed by atoms with Crippen LogP contribution in [-0.4, -0.2) is 17.8 Å². The van der Waals surface area contributed by atoms with Gasteiger partial charge in [-0.2, -0.15) is 13.2 Å². The van der Waals surface area contributed by atoms with Gasteiger partial charge in [0.05, 0.1) is 18.2 Å². The number of alkyl halides is 3. The highest BCUT2D eigenvalue weighted by Gasteiger charge is 2.31. The number of nitrogens with one attached hydrogen (secondary N) is 1. The zero-order chi connectivity index (χ0) is 12.5. The van der Waals surface area contributed by atoms with E-state index in [2.05, 4.69) is 5.32 Å². The van der Waals surface area contributed by atoms with Crippen LogP contribution in [0.2, 0.25) is 0 Å². The van der Waals surface area contributed by atoms with Gasteiger partial charge in [-0.25, -0.2) is 0 Å². The topological polar surface area (TPSA) is 32.3 Å². The normalized spacial score (nSPS) is 18.1. The highest BCUT2D eigenvalue weighted by Crippen LogP contribution is 2.31. The maximum Gasteiger partial charge on any atom is 0.416 e. The number of hydrogen-bond acceptors (Lipinski definition) is 2. The second-order valence-electron chi connectivity index (χ2n) is 4.30. The predicted molar refractivity (Wildman–Crippen MR) is 57.4 cm³/mol. The second-order valence-corrected chi connectivity index (χ2v) is 4.30. The molecule has 94 valence electrons. The molecule has 0 heterocycles. The third-order valence-electron chi connectivity index (χ3n) is 2.81. The Morgan fingerprint density at radius 1 is 1.35 bits per heavy atom. The minimum Gasteiger partial charge on any atom is -0.394 e. The van der Waals surface area contributed by atoms with Gasteiger partial charge in [0.25, 0.3) is 0 Å². The number of rotatable bonds is 4. The molecule has 1 aromatic rings. The Kier molecular flexibility index (Phi) is 3.40. The lowest BCUT2D eigenvalue weighted by atomic mass is 10.0. The van der Waals surface area contributed by atoms with Gasteiger partial charge in [0.2, 0.25) is 0 Å². The molecule has 1 aromatic carbocycles. The Hall–Kier alpha value is -1.07. The van der Waals surface area contributed by atoms with Crippen LogP contribution in [0.1, 0.15) is 30.0 Å². The van der Waals surface area contributed by atoms with Gasteiger partial charge in [0, 0.05) is 6.04 Å². The summed E-state index contributed by atoms with van der Waals surface area (Å²) in [5.41, 5.74) is -0.194. The van der Waals surface area contributed by atoms with E-state index in [1.54, 1.807) is 6.07 Å². The summed E-state index contributed by atoms with van der Waals surface area (Å²) < 4.78 is 37.6. The van der Waals surface area contributed by atoms with Gasteiger partial charge in [-0.15, -0.1) is 0 Å².